The predicted molar refractivity (Wildman–Crippen MR) is 76.8 cm³/mol. The second kappa shape index (κ2) is 6.48. The number of aryl methyl sites for hydroxylation is 1. The van der Waals surface area contributed by atoms with Gasteiger partial charge in [0.15, 0.2) is 0 Å². The number of rotatable bonds is 6. The number of hydrogen-bond acceptors (Lipinski definition) is 3. The Morgan fingerprint density at radius 3 is 2.74 bits per heavy atom. The molecule has 102 valence electrons. The molecular formula is C15H22N4. The van der Waals surface area contributed by atoms with E-state index in [4.69, 9.17) is 0 Å². The van der Waals surface area contributed by atoms with Crippen LogP contribution >= 0.6 is 0 Å². The summed E-state index contributed by atoms with van der Waals surface area (Å²) in [5.74, 6) is 0.662. The Morgan fingerprint density at radius 1 is 1.26 bits per heavy atom. The molecule has 0 bridgehead atoms. The Balaban J connectivity index is 1.95. The van der Waals surface area contributed by atoms with Gasteiger partial charge >= 0.3 is 0 Å². The molecule has 2 heterocycles. The first-order chi connectivity index (χ1) is 9.13. The molecule has 2 aromatic heterocycles. The van der Waals surface area contributed by atoms with Crippen molar-refractivity contribution in [3.8, 4) is 0 Å². The monoisotopic (exact) mass is 258 g/mol. The average molecular weight is 258 g/mol. The minimum absolute atomic E-state index is 0.662. The van der Waals surface area contributed by atoms with Gasteiger partial charge in [-0.15, -0.1) is 0 Å². The fraction of sp³-hybridized carbons (Fsp3) is 0.467. The van der Waals surface area contributed by atoms with Crippen molar-refractivity contribution in [2.45, 2.75) is 33.9 Å². The van der Waals surface area contributed by atoms with Crippen LogP contribution in [0.4, 0.5) is 0 Å². The molecule has 1 N–H and O–H groups in total. The summed E-state index contributed by atoms with van der Waals surface area (Å²) in [4.78, 5) is 4.65. The van der Waals surface area contributed by atoms with Gasteiger partial charge in [0.2, 0.25) is 0 Å². The molecule has 0 saturated carbocycles. The Bertz CT molecular complexity index is 516. The maximum absolute atomic E-state index is 4.65. The van der Waals surface area contributed by atoms with E-state index in [2.05, 4.69) is 41.4 Å². The molecule has 0 radical (unpaired) electrons. The normalized spacial score (nSPS) is 11.2. The summed E-state index contributed by atoms with van der Waals surface area (Å²) >= 11 is 0. The molecule has 0 aliphatic rings. The van der Waals surface area contributed by atoms with Gasteiger partial charge in [-0.2, -0.15) is 5.10 Å². The molecule has 0 saturated heterocycles. The van der Waals surface area contributed by atoms with Crippen molar-refractivity contribution in [1.82, 2.24) is 20.1 Å². The molecule has 2 aromatic rings. The highest BCUT2D eigenvalue weighted by molar-refractivity contribution is 5.12. The topological polar surface area (TPSA) is 42.7 Å². The largest absolute Gasteiger partial charge is 0.311 e. The lowest BCUT2D eigenvalue weighted by atomic mass is 10.2. The van der Waals surface area contributed by atoms with Crippen LogP contribution in [0, 0.1) is 12.8 Å². The predicted octanol–water partition coefficient (Wildman–Crippen LogP) is 2.38. The van der Waals surface area contributed by atoms with Crippen molar-refractivity contribution in [3.63, 3.8) is 0 Å². The second-order valence-corrected chi connectivity index (χ2v) is 5.36. The Hall–Kier alpha value is -1.68. The fourth-order valence-electron chi connectivity index (χ4n) is 1.92. The molecule has 0 spiro atoms. The highest BCUT2D eigenvalue weighted by Gasteiger charge is 2.01. The summed E-state index contributed by atoms with van der Waals surface area (Å²) in [5.41, 5.74) is 3.31. The number of aromatic nitrogens is 3. The lowest BCUT2D eigenvalue weighted by Crippen LogP contribution is -2.20. The molecule has 0 aliphatic carbocycles. The quantitative estimate of drug-likeness (QED) is 0.865. The van der Waals surface area contributed by atoms with Crippen LogP contribution in [0.5, 0.6) is 0 Å². The standard InChI is InChI=1S/C15H22N4/c1-12(2)7-16-9-14-5-4-6-15(18-14)11-19-10-13(3)8-17-19/h4-6,8,10,12,16H,7,9,11H2,1-3H3. The van der Waals surface area contributed by atoms with Gasteiger partial charge in [-0.05, 0) is 37.1 Å². The molecule has 0 fully saturated rings. The first-order valence-electron chi connectivity index (χ1n) is 6.78. The fourth-order valence-corrected chi connectivity index (χ4v) is 1.92. The number of pyridine rings is 1. The van der Waals surface area contributed by atoms with Gasteiger partial charge in [-0.1, -0.05) is 19.9 Å². The molecule has 0 aromatic carbocycles. The molecule has 0 amide bonds. The van der Waals surface area contributed by atoms with Crippen LogP contribution in [-0.4, -0.2) is 21.3 Å². The zero-order valence-electron chi connectivity index (χ0n) is 11.9. The van der Waals surface area contributed by atoms with Crippen LogP contribution in [0.2, 0.25) is 0 Å². The number of nitrogens with zero attached hydrogens (tertiary/aromatic N) is 3. The number of nitrogens with one attached hydrogen (secondary N) is 1. The third-order valence-corrected chi connectivity index (χ3v) is 2.81. The molecule has 4 nitrogen and oxygen atoms in total. The van der Waals surface area contributed by atoms with Crippen molar-refractivity contribution in [2.24, 2.45) is 5.92 Å². The molecule has 4 heteroatoms. The summed E-state index contributed by atoms with van der Waals surface area (Å²) in [6.45, 7) is 9.03. The van der Waals surface area contributed by atoms with Gasteiger partial charge in [0.05, 0.1) is 24.1 Å². The third kappa shape index (κ3) is 4.48. The maximum Gasteiger partial charge on any atom is 0.0831 e. The summed E-state index contributed by atoms with van der Waals surface area (Å²) in [6.07, 6.45) is 3.90. The van der Waals surface area contributed by atoms with Crippen LogP contribution in [-0.2, 0) is 13.1 Å². The summed E-state index contributed by atoms with van der Waals surface area (Å²) in [5, 5.41) is 7.70. The molecule has 2 rings (SSSR count). The Labute approximate surface area is 114 Å². The molecular weight excluding hydrogens is 236 g/mol. The first kappa shape index (κ1) is 13.7. The maximum atomic E-state index is 4.65. The van der Waals surface area contributed by atoms with Gasteiger partial charge in [0.25, 0.3) is 0 Å². The molecule has 19 heavy (non-hydrogen) atoms. The summed E-state index contributed by atoms with van der Waals surface area (Å²) in [6, 6.07) is 6.17. The van der Waals surface area contributed by atoms with Gasteiger partial charge in [-0.3, -0.25) is 9.67 Å². The van der Waals surface area contributed by atoms with Gasteiger partial charge < -0.3 is 5.32 Å². The smallest absolute Gasteiger partial charge is 0.0831 e. The molecule has 0 unspecified atom stereocenters. The number of hydrogen-bond donors (Lipinski definition) is 1. The molecule has 0 atom stereocenters. The van der Waals surface area contributed by atoms with Gasteiger partial charge in [0.1, 0.15) is 0 Å². The lowest BCUT2D eigenvalue weighted by Gasteiger charge is -2.08. The van der Waals surface area contributed by atoms with E-state index in [1.807, 2.05) is 30.1 Å². The van der Waals surface area contributed by atoms with Crippen molar-refractivity contribution < 1.29 is 0 Å². The van der Waals surface area contributed by atoms with Crippen molar-refractivity contribution in [1.29, 1.82) is 0 Å². The Morgan fingerprint density at radius 2 is 2.05 bits per heavy atom. The zero-order chi connectivity index (χ0) is 13.7. The average Bonchev–Trinajstić information content (AvgIpc) is 2.75. The van der Waals surface area contributed by atoms with Gasteiger partial charge in [-0.25, -0.2) is 0 Å². The minimum Gasteiger partial charge on any atom is -0.311 e. The Kier molecular flexibility index (Phi) is 4.68. The van der Waals surface area contributed by atoms with Crippen molar-refractivity contribution >= 4 is 0 Å². The van der Waals surface area contributed by atoms with E-state index < -0.39 is 0 Å². The zero-order valence-corrected chi connectivity index (χ0v) is 11.9. The van der Waals surface area contributed by atoms with E-state index in [1.54, 1.807) is 0 Å². The van der Waals surface area contributed by atoms with Crippen LogP contribution < -0.4 is 5.32 Å². The van der Waals surface area contributed by atoms with Crippen LogP contribution in [0.3, 0.4) is 0 Å². The van der Waals surface area contributed by atoms with E-state index in [1.165, 1.54) is 5.56 Å². The van der Waals surface area contributed by atoms with E-state index in [0.717, 1.165) is 31.0 Å². The third-order valence-electron chi connectivity index (χ3n) is 2.81. The van der Waals surface area contributed by atoms with E-state index in [9.17, 15) is 0 Å². The lowest BCUT2D eigenvalue weighted by molar-refractivity contribution is 0.546. The van der Waals surface area contributed by atoms with E-state index >= 15 is 0 Å². The second-order valence-electron chi connectivity index (χ2n) is 5.36. The van der Waals surface area contributed by atoms with Crippen LogP contribution in [0.1, 0.15) is 30.8 Å². The van der Waals surface area contributed by atoms with Crippen molar-refractivity contribution in [2.75, 3.05) is 6.54 Å². The SMILES string of the molecule is Cc1cnn(Cc2cccc(CNCC(C)C)n2)c1. The van der Waals surface area contributed by atoms with E-state index in [0.29, 0.717) is 5.92 Å². The van der Waals surface area contributed by atoms with E-state index in [-0.39, 0.29) is 0 Å². The van der Waals surface area contributed by atoms with Crippen molar-refractivity contribution in [3.05, 3.63) is 47.5 Å². The molecule has 0 aliphatic heterocycles. The first-order valence-corrected chi connectivity index (χ1v) is 6.78. The van der Waals surface area contributed by atoms with Crippen LogP contribution in [0.15, 0.2) is 30.6 Å². The van der Waals surface area contributed by atoms with Gasteiger partial charge in [0, 0.05) is 12.7 Å². The minimum atomic E-state index is 0.662. The summed E-state index contributed by atoms with van der Waals surface area (Å²) < 4.78 is 1.92. The summed E-state index contributed by atoms with van der Waals surface area (Å²) in [7, 11) is 0. The highest BCUT2D eigenvalue weighted by Crippen LogP contribution is 2.03. The van der Waals surface area contributed by atoms with Crippen LogP contribution in [0.25, 0.3) is 0 Å². The highest BCUT2D eigenvalue weighted by atomic mass is 15.3.